The molecular formula is C13H19N5O. The highest BCUT2D eigenvalue weighted by Gasteiger charge is 2.16. The number of pyridine rings is 1. The molecule has 6 nitrogen and oxygen atoms in total. The van der Waals surface area contributed by atoms with Crippen LogP contribution in [0.5, 0.6) is 0 Å². The number of carbonyl (C=O) groups excluding carboxylic acids is 1. The molecular weight excluding hydrogens is 242 g/mol. The number of anilines is 2. The van der Waals surface area contributed by atoms with Gasteiger partial charge in [-0.15, -0.1) is 0 Å². The topological polar surface area (TPSA) is 86.2 Å². The summed E-state index contributed by atoms with van der Waals surface area (Å²) in [5.74, 6) is 0.479. The molecule has 0 aliphatic carbocycles. The predicted octanol–water partition coefficient (Wildman–Crippen LogP) is 0.840. The highest BCUT2D eigenvalue weighted by atomic mass is 16.2. The Balaban J connectivity index is 2.87. The summed E-state index contributed by atoms with van der Waals surface area (Å²) in [6.07, 6.45) is 1.48. The van der Waals surface area contributed by atoms with Crippen LogP contribution in [-0.2, 0) is 4.79 Å². The minimum atomic E-state index is 0.00927. The average molecular weight is 261 g/mol. The Kier molecular flexibility index (Phi) is 5.12. The molecule has 1 aromatic heterocycles. The van der Waals surface area contributed by atoms with Crippen molar-refractivity contribution in [3.05, 3.63) is 17.8 Å². The van der Waals surface area contributed by atoms with Crippen molar-refractivity contribution in [2.45, 2.75) is 13.8 Å². The number of amides is 1. The maximum atomic E-state index is 12.0. The van der Waals surface area contributed by atoms with Gasteiger partial charge in [-0.1, -0.05) is 0 Å². The first kappa shape index (κ1) is 14.8. The molecule has 0 fully saturated rings. The zero-order chi connectivity index (χ0) is 14.4. The molecule has 19 heavy (non-hydrogen) atoms. The molecule has 0 bridgehead atoms. The zero-order valence-corrected chi connectivity index (χ0v) is 11.6. The van der Waals surface area contributed by atoms with Gasteiger partial charge in [0.25, 0.3) is 0 Å². The monoisotopic (exact) mass is 261 g/mol. The van der Waals surface area contributed by atoms with Crippen LogP contribution in [0.25, 0.3) is 0 Å². The van der Waals surface area contributed by atoms with Crippen molar-refractivity contribution < 1.29 is 4.79 Å². The molecule has 1 amide bonds. The lowest BCUT2D eigenvalue weighted by atomic mass is 10.2. The largest absolute Gasteiger partial charge is 0.397 e. The lowest BCUT2D eigenvalue weighted by Crippen LogP contribution is -2.39. The van der Waals surface area contributed by atoms with Crippen molar-refractivity contribution >= 4 is 17.4 Å². The molecule has 0 aliphatic rings. The Morgan fingerprint density at radius 2 is 2.11 bits per heavy atom. The van der Waals surface area contributed by atoms with Crippen LogP contribution in [0.4, 0.5) is 11.5 Å². The summed E-state index contributed by atoms with van der Waals surface area (Å²) < 4.78 is 0. The van der Waals surface area contributed by atoms with E-state index in [1.807, 2.05) is 19.9 Å². The fraction of sp³-hybridized carbons (Fsp3) is 0.462. The third-order valence-corrected chi connectivity index (χ3v) is 2.86. The standard InChI is InChI=1S/C13H19N5O/c1-4-18(5-2)12(19)9-17(3)13-10(7-14)6-11(15)8-16-13/h6,8H,4-5,9,15H2,1-3H3. The fourth-order valence-corrected chi connectivity index (χ4v) is 1.81. The van der Waals surface area contributed by atoms with Gasteiger partial charge >= 0.3 is 0 Å². The number of hydrogen-bond donors (Lipinski definition) is 1. The van der Waals surface area contributed by atoms with Gasteiger partial charge in [0.05, 0.1) is 24.0 Å². The molecule has 102 valence electrons. The zero-order valence-electron chi connectivity index (χ0n) is 11.6. The number of nitrogen functional groups attached to an aromatic ring is 1. The maximum Gasteiger partial charge on any atom is 0.242 e. The van der Waals surface area contributed by atoms with Gasteiger partial charge in [-0.3, -0.25) is 4.79 Å². The van der Waals surface area contributed by atoms with Crippen molar-refractivity contribution in [2.24, 2.45) is 0 Å². The third kappa shape index (κ3) is 3.58. The quantitative estimate of drug-likeness (QED) is 0.848. The molecule has 0 saturated heterocycles. The first-order chi connectivity index (χ1) is 9.03. The highest BCUT2D eigenvalue weighted by molar-refractivity contribution is 5.81. The van der Waals surface area contributed by atoms with Crippen LogP contribution in [0.2, 0.25) is 0 Å². The van der Waals surface area contributed by atoms with Gasteiger partial charge in [0.1, 0.15) is 11.9 Å². The molecule has 0 saturated carbocycles. The Morgan fingerprint density at radius 3 is 2.63 bits per heavy atom. The number of aromatic nitrogens is 1. The van der Waals surface area contributed by atoms with Crippen LogP contribution in [-0.4, -0.2) is 42.5 Å². The molecule has 0 spiro atoms. The first-order valence-electron chi connectivity index (χ1n) is 6.18. The summed E-state index contributed by atoms with van der Waals surface area (Å²) in [4.78, 5) is 19.5. The van der Waals surface area contributed by atoms with E-state index < -0.39 is 0 Å². The molecule has 0 radical (unpaired) electrons. The van der Waals surface area contributed by atoms with Gasteiger partial charge in [-0.25, -0.2) is 4.98 Å². The molecule has 1 aromatic rings. The summed E-state index contributed by atoms with van der Waals surface area (Å²) in [5.41, 5.74) is 6.39. The highest BCUT2D eigenvalue weighted by Crippen LogP contribution is 2.17. The summed E-state index contributed by atoms with van der Waals surface area (Å²) in [5, 5.41) is 9.06. The van der Waals surface area contributed by atoms with E-state index >= 15 is 0 Å². The SMILES string of the molecule is CCN(CC)C(=O)CN(C)c1ncc(N)cc1C#N. The number of nitriles is 1. The van der Waals surface area contributed by atoms with Crippen LogP contribution >= 0.6 is 0 Å². The van der Waals surface area contributed by atoms with Crippen LogP contribution < -0.4 is 10.6 Å². The van der Waals surface area contributed by atoms with Gasteiger partial charge < -0.3 is 15.5 Å². The van der Waals surface area contributed by atoms with E-state index in [1.54, 1.807) is 22.9 Å². The number of carbonyl (C=O) groups is 1. The molecule has 2 N–H and O–H groups in total. The second kappa shape index (κ2) is 6.59. The van der Waals surface area contributed by atoms with E-state index in [4.69, 9.17) is 11.0 Å². The predicted molar refractivity (Wildman–Crippen MR) is 74.6 cm³/mol. The lowest BCUT2D eigenvalue weighted by molar-refractivity contribution is -0.129. The molecule has 0 atom stereocenters. The Morgan fingerprint density at radius 1 is 1.47 bits per heavy atom. The van der Waals surface area contributed by atoms with E-state index in [2.05, 4.69) is 4.98 Å². The summed E-state index contributed by atoms with van der Waals surface area (Å²) in [6, 6.07) is 3.59. The lowest BCUT2D eigenvalue weighted by Gasteiger charge is -2.24. The van der Waals surface area contributed by atoms with Crippen LogP contribution in [0.15, 0.2) is 12.3 Å². The Labute approximate surface area is 113 Å². The molecule has 1 rings (SSSR count). The van der Waals surface area contributed by atoms with Crippen LogP contribution in [0, 0.1) is 11.3 Å². The van der Waals surface area contributed by atoms with Crippen LogP contribution in [0.3, 0.4) is 0 Å². The summed E-state index contributed by atoms with van der Waals surface area (Å²) >= 11 is 0. The van der Waals surface area contributed by atoms with Crippen molar-refractivity contribution in [1.29, 1.82) is 5.26 Å². The second-order valence-corrected chi connectivity index (χ2v) is 4.17. The first-order valence-corrected chi connectivity index (χ1v) is 6.18. The minimum Gasteiger partial charge on any atom is -0.397 e. The number of hydrogen-bond acceptors (Lipinski definition) is 5. The summed E-state index contributed by atoms with van der Waals surface area (Å²) in [6.45, 7) is 5.40. The number of nitrogens with two attached hydrogens (primary N) is 1. The van der Waals surface area contributed by atoms with E-state index in [9.17, 15) is 4.79 Å². The number of likely N-dealkylation sites (N-methyl/N-ethyl adjacent to an activating group) is 2. The average Bonchev–Trinajstić information content (AvgIpc) is 2.39. The maximum absolute atomic E-state index is 12.0. The van der Waals surface area contributed by atoms with Gasteiger partial charge in [0.15, 0.2) is 0 Å². The molecule has 0 aliphatic heterocycles. The van der Waals surface area contributed by atoms with Crippen molar-refractivity contribution in [1.82, 2.24) is 9.88 Å². The number of nitrogens with zero attached hydrogens (tertiary/aromatic N) is 4. The van der Waals surface area contributed by atoms with E-state index in [0.29, 0.717) is 30.2 Å². The van der Waals surface area contributed by atoms with Gasteiger partial charge in [-0.05, 0) is 19.9 Å². The minimum absolute atomic E-state index is 0.00927. The van der Waals surface area contributed by atoms with Gasteiger partial charge in [-0.2, -0.15) is 5.26 Å². The molecule has 1 heterocycles. The van der Waals surface area contributed by atoms with Crippen LogP contribution in [0.1, 0.15) is 19.4 Å². The van der Waals surface area contributed by atoms with Gasteiger partial charge in [0.2, 0.25) is 5.91 Å². The van der Waals surface area contributed by atoms with Crippen molar-refractivity contribution in [3.8, 4) is 6.07 Å². The third-order valence-electron chi connectivity index (χ3n) is 2.86. The second-order valence-electron chi connectivity index (χ2n) is 4.17. The van der Waals surface area contributed by atoms with Crippen molar-refractivity contribution in [3.63, 3.8) is 0 Å². The number of rotatable bonds is 5. The normalized spacial score (nSPS) is 9.79. The molecule has 0 unspecified atom stereocenters. The summed E-state index contributed by atoms with van der Waals surface area (Å²) in [7, 11) is 1.74. The van der Waals surface area contributed by atoms with E-state index in [1.165, 1.54) is 6.20 Å². The van der Waals surface area contributed by atoms with E-state index in [0.717, 1.165) is 0 Å². The fourth-order valence-electron chi connectivity index (χ4n) is 1.81. The van der Waals surface area contributed by atoms with Crippen molar-refractivity contribution in [2.75, 3.05) is 37.3 Å². The Hall–Kier alpha value is -2.29. The van der Waals surface area contributed by atoms with Gasteiger partial charge in [0, 0.05) is 20.1 Å². The molecule has 6 heteroatoms. The van der Waals surface area contributed by atoms with E-state index in [-0.39, 0.29) is 12.5 Å². The molecule has 0 aromatic carbocycles. The Bertz CT molecular complexity index is 490. The smallest absolute Gasteiger partial charge is 0.242 e.